The summed E-state index contributed by atoms with van der Waals surface area (Å²) in [5.41, 5.74) is 2.64. The maximum absolute atomic E-state index is 9.69. The van der Waals surface area contributed by atoms with Crippen LogP contribution in [0.5, 0.6) is 0 Å². The second kappa shape index (κ2) is 10.3. The molecular formula is C24H32Cl2N2OS. The van der Waals surface area contributed by atoms with Gasteiger partial charge in [0.25, 0.3) is 0 Å². The summed E-state index contributed by atoms with van der Waals surface area (Å²) in [6.07, 6.45) is 3.20. The Balaban J connectivity index is 1.39. The number of thiophene rings is 1. The van der Waals surface area contributed by atoms with Gasteiger partial charge in [0.05, 0.1) is 6.10 Å². The lowest BCUT2D eigenvalue weighted by Crippen LogP contribution is -2.39. The van der Waals surface area contributed by atoms with Gasteiger partial charge in [-0.25, -0.2) is 0 Å². The van der Waals surface area contributed by atoms with Crippen LogP contribution in [0.25, 0.3) is 0 Å². The van der Waals surface area contributed by atoms with Gasteiger partial charge in [0, 0.05) is 42.1 Å². The minimum atomic E-state index is -0.174. The van der Waals surface area contributed by atoms with Gasteiger partial charge in [-0.2, -0.15) is 11.3 Å². The predicted molar refractivity (Wildman–Crippen MR) is 128 cm³/mol. The lowest BCUT2D eigenvalue weighted by Gasteiger charge is -2.35. The van der Waals surface area contributed by atoms with Crippen LogP contribution >= 0.6 is 34.5 Å². The van der Waals surface area contributed by atoms with Crippen molar-refractivity contribution in [1.82, 2.24) is 9.80 Å². The van der Waals surface area contributed by atoms with Gasteiger partial charge in [-0.05, 0) is 91.2 Å². The molecule has 0 spiro atoms. The molecule has 6 heteroatoms. The van der Waals surface area contributed by atoms with E-state index in [1.54, 1.807) is 11.3 Å². The summed E-state index contributed by atoms with van der Waals surface area (Å²) in [5, 5.41) is 15.7. The van der Waals surface area contributed by atoms with Crippen molar-refractivity contribution in [2.75, 3.05) is 32.7 Å². The van der Waals surface area contributed by atoms with Crippen LogP contribution in [0.2, 0.25) is 10.0 Å². The fourth-order valence-corrected chi connectivity index (χ4v) is 6.44. The van der Waals surface area contributed by atoms with Crippen LogP contribution in [0, 0.1) is 11.8 Å². The first kappa shape index (κ1) is 22.6. The molecule has 3 heterocycles. The summed E-state index contributed by atoms with van der Waals surface area (Å²) < 4.78 is 0. The molecule has 0 saturated carbocycles. The predicted octanol–water partition coefficient (Wildman–Crippen LogP) is 5.75. The van der Waals surface area contributed by atoms with Crippen LogP contribution < -0.4 is 0 Å². The number of hydrogen-bond acceptors (Lipinski definition) is 4. The Hall–Kier alpha value is -0.620. The quantitative estimate of drug-likeness (QED) is 0.562. The fourth-order valence-electron chi connectivity index (χ4n) is 5.25. The zero-order valence-electron chi connectivity index (χ0n) is 17.6. The van der Waals surface area contributed by atoms with Crippen molar-refractivity contribution < 1.29 is 5.11 Å². The Kier molecular flexibility index (Phi) is 7.77. The van der Waals surface area contributed by atoms with E-state index in [4.69, 9.17) is 23.2 Å². The highest BCUT2D eigenvalue weighted by Crippen LogP contribution is 2.36. The molecule has 30 heavy (non-hydrogen) atoms. The standard InChI is InChI=1S/C24H32Cl2N2OS/c1-17(29)10-18-4-7-27(8-5-18)13-21-14-28(15-23(21)20-6-9-30-16-20)12-19-2-3-22(25)11-24(19)26/h2-3,6,9,11,16-18,21,23,29H,4-5,7-8,10,12-15H2,1H3/t17-,21?,23?/m1/s1. The maximum Gasteiger partial charge on any atom is 0.0514 e. The molecule has 2 fully saturated rings. The number of halogens is 2. The summed E-state index contributed by atoms with van der Waals surface area (Å²) >= 11 is 14.3. The summed E-state index contributed by atoms with van der Waals surface area (Å²) in [6, 6.07) is 8.14. The molecule has 4 rings (SSSR count). The van der Waals surface area contributed by atoms with Crippen molar-refractivity contribution in [2.45, 2.75) is 44.8 Å². The summed E-state index contributed by atoms with van der Waals surface area (Å²) in [6.45, 7) is 8.46. The molecule has 0 aliphatic carbocycles. The number of benzene rings is 1. The Morgan fingerprint density at radius 2 is 1.93 bits per heavy atom. The molecule has 2 unspecified atom stereocenters. The van der Waals surface area contributed by atoms with Crippen LogP contribution in [0.15, 0.2) is 35.0 Å². The molecule has 0 bridgehead atoms. The van der Waals surface area contributed by atoms with Gasteiger partial charge in [-0.1, -0.05) is 29.3 Å². The van der Waals surface area contributed by atoms with E-state index in [0.29, 0.717) is 22.8 Å². The van der Waals surface area contributed by atoms with Gasteiger partial charge >= 0.3 is 0 Å². The SMILES string of the molecule is C[C@@H](O)CC1CCN(CC2CN(Cc3ccc(Cl)cc3Cl)CC2c2ccsc2)CC1. The van der Waals surface area contributed by atoms with Crippen molar-refractivity contribution in [1.29, 1.82) is 0 Å². The molecule has 2 aromatic rings. The number of likely N-dealkylation sites (tertiary alicyclic amines) is 2. The Morgan fingerprint density at radius 1 is 1.13 bits per heavy atom. The van der Waals surface area contributed by atoms with E-state index in [1.165, 1.54) is 18.4 Å². The molecule has 1 aromatic carbocycles. The number of hydrogen-bond donors (Lipinski definition) is 1. The molecule has 1 N–H and O–H groups in total. The van der Waals surface area contributed by atoms with Crippen LogP contribution in [0.3, 0.4) is 0 Å². The van der Waals surface area contributed by atoms with E-state index in [2.05, 4.69) is 32.7 Å². The lowest BCUT2D eigenvalue weighted by molar-refractivity contribution is 0.110. The second-order valence-electron chi connectivity index (χ2n) is 9.18. The minimum Gasteiger partial charge on any atom is -0.393 e. The molecule has 2 aliphatic rings. The Bertz CT molecular complexity index is 806. The lowest BCUT2D eigenvalue weighted by atomic mass is 9.88. The first-order chi connectivity index (χ1) is 14.5. The fraction of sp³-hybridized carbons (Fsp3) is 0.583. The number of piperidine rings is 1. The van der Waals surface area contributed by atoms with Crippen LogP contribution in [0.4, 0.5) is 0 Å². The molecule has 2 saturated heterocycles. The second-order valence-corrected chi connectivity index (χ2v) is 10.8. The number of aliphatic hydroxyl groups excluding tert-OH is 1. The third kappa shape index (κ3) is 5.79. The third-order valence-corrected chi connectivity index (χ3v) is 8.06. The molecule has 0 amide bonds. The Morgan fingerprint density at radius 3 is 2.60 bits per heavy atom. The van der Waals surface area contributed by atoms with Gasteiger partial charge in [-0.15, -0.1) is 0 Å². The summed E-state index contributed by atoms with van der Waals surface area (Å²) in [7, 11) is 0. The molecule has 164 valence electrons. The maximum atomic E-state index is 9.69. The molecular weight excluding hydrogens is 435 g/mol. The average molecular weight is 468 g/mol. The number of nitrogens with zero attached hydrogens (tertiary/aromatic N) is 2. The first-order valence-electron chi connectivity index (χ1n) is 11.1. The van der Waals surface area contributed by atoms with Crippen molar-refractivity contribution in [3.8, 4) is 0 Å². The van der Waals surface area contributed by atoms with E-state index in [1.807, 2.05) is 19.1 Å². The van der Waals surface area contributed by atoms with E-state index in [0.717, 1.165) is 56.3 Å². The van der Waals surface area contributed by atoms with E-state index in [9.17, 15) is 5.11 Å². The first-order valence-corrected chi connectivity index (χ1v) is 12.8. The van der Waals surface area contributed by atoms with Crippen molar-refractivity contribution in [3.63, 3.8) is 0 Å². The topological polar surface area (TPSA) is 26.7 Å². The monoisotopic (exact) mass is 466 g/mol. The van der Waals surface area contributed by atoms with E-state index < -0.39 is 0 Å². The van der Waals surface area contributed by atoms with E-state index >= 15 is 0 Å². The molecule has 1 aromatic heterocycles. The van der Waals surface area contributed by atoms with Crippen LogP contribution in [0.1, 0.15) is 43.2 Å². The third-order valence-electron chi connectivity index (χ3n) is 6.77. The van der Waals surface area contributed by atoms with Gasteiger partial charge in [0.2, 0.25) is 0 Å². The zero-order chi connectivity index (χ0) is 21.1. The van der Waals surface area contributed by atoms with Gasteiger partial charge in [0.15, 0.2) is 0 Å². The van der Waals surface area contributed by atoms with Gasteiger partial charge in [0.1, 0.15) is 0 Å². The van der Waals surface area contributed by atoms with Crippen LogP contribution in [-0.4, -0.2) is 53.7 Å². The summed E-state index contributed by atoms with van der Waals surface area (Å²) in [5.74, 6) is 1.90. The average Bonchev–Trinajstić information content (AvgIpc) is 3.35. The molecule has 3 atom stereocenters. The Labute approximate surface area is 194 Å². The van der Waals surface area contributed by atoms with Crippen molar-refractivity contribution >= 4 is 34.5 Å². The van der Waals surface area contributed by atoms with Crippen molar-refractivity contribution in [2.24, 2.45) is 11.8 Å². The van der Waals surface area contributed by atoms with Gasteiger partial charge < -0.3 is 10.0 Å². The number of aliphatic hydroxyl groups is 1. The van der Waals surface area contributed by atoms with Gasteiger partial charge in [-0.3, -0.25) is 4.90 Å². The smallest absolute Gasteiger partial charge is 0.0514 e. The summed E-state index contributed by atoms with van der Waals surface area (Å²) in [4.78, 5) is 5.21. The largest absolute Gasteiger partial charge is 0.393 e. The number of rotatable bonds is 7. The molecule has 3 nitrogen and oxygen atoms in total. The van der Waals surface area contributed by atoms with Crippen LogP contribution in [-0.2, 0) is 6.54 Å². The highest BCUT2D eigenvalue weighted by atomic mass is 35.5. The normalized spacial score (nSPS) is 25.1. The minimum absolute atomic E-state index is 0.174. The highest BCUT2D eigenvalue weighted by Gasteiger charge is 2.36. The molecule has 0 radical (unpaired) electrons. The zero-order valence-corrected chi connectivity index (χ0v) is 20.0. The van der Waals surface area contributed by atoms with E-state index in [-0.39, 0.29) is 6.10 Å². The highest BCUT2D eigenvalue weighted by molar-refractivity contribution is 7.08. The van der Waals surface area contributed by atoms with Crippen molar-refractivity contribution in [3.05, 3.63) is 56.2 Å². The molecule has 2 aliphatic heterocycles.